The number of benzene rings is 1. The third kappa shape index (κ3) is 4.14. The first kappa shape index (κ1) is 16.8. The van der Waals surface area contributed by atoms with Crippen LogP contribution in [-0.2, 0) is 0 Å². The molecule has 0 unspecified atom stereocenters. The number of halogens is 1. The van der Waals surface area contributed by atoms with E-state index in [1.807, 2.05) is 36.4 Å². The molecule has 0 aliphatic rings. The average Bonchev–Trinajstić information content (AvgIpc) is 2.38. The highest BCUT2D eigenvalue weighted by Crippen LogP contribution is 2.22. The third-order valence-corrected chi connectivity index (χ3v) is 3.77. The number of hydrogen-bond acceptors (Lipinski definition) is 4. The molecule has 1 amide bonds. The molecule has 110 valence electrons. The second kappa shape index (κ2) is 7.53. The monoisotopic (exact) mass is 392 g/mol. The lowest BCUT2D eigenvalue weighted by molar-refractivity contribution is -0.384. The quantitative estimate of drug-likeness (QED) is 0.458. The molecule has 0 atom stereocenters. The van der Waals surface area contributed by atoms with E-state index in [9.17, 15) is 14.9 Å². The fraction of sp³-hybridized carbons (Fsp3) is 0.462. The Hall–Kier alpha value is -1.22. The van der Waals surface area contributed by atoms with Crippen molar-refractivity contribution in [2.75, 3.05) is 13.2 Å². The van der Waals surface area contributed by atoms with Crippen molar-refractivity contribution in [3.63, 3.8) is 0 Å². The van der Waals surface area contributed by atoms with Gasteiger partial charge >= 0.3 is 0 Å². The van der Waals surface area contributed by atoms with Gasteiger partial charge in [-0.2, -0.15) is 0 Å². The summed E-state index contributed by atoms with van der Waals surface area (Å²) >= 11 is 1.99. The Morgan fingerprint density at radius 1 is 1.50 bits per heavy atom. The fourth-order valence-electron chi connectivity index (χ4n) is 1.78. The SMILES string of the molecule is CC(C)N(CCCO)C(=O)c1cc([N+](=O)[O-])ccc1I. The predicted octanol–water partition coefficient (Wildman–Crippen LogP) is 2.43. The molecule has 0 bridgehead atoms. The highest BCUT2D eigenvalue weighted by Gasteiger charge is 2.22. The van der Waals surface area contributed by atoms with Crippen molar-refractivity contribution in [2.24, 2.45) is 0 Å². The number of amides is 1. The molecule has 6 nitrogen and oxygen atoms in total. The largest absolute Gasteiger partial charge is 0.396 e. The van der Waals surface area contributed by atoms with Gasteiger partial charge in [-0.3, -0.25) is 14.9 Å². The summed E-state index contributed by atoms with van der Waals surface area (Å²) < 4.78 is 0.674. The minimum Gasteiger partial charge on any atom is -0.396 e. The molecule has 1 aromatic carbocycles. The van der Waals surface area contributed by atoms with Gasteiger partial charge in [-0.1, -0.05) is 0 Å². The molecule has 0 aliphatic heterocycles. The Bertz CT molecular complexity index is 505. The zero-order valence-electron chi connectivity index (χ0n) is 11.4. The van der Waals surface area contributed by atoms with Crippen molar-refractivity contribution >= 4 is 34.2 Å². The number of carbonyl (C=O) groups excluding carboxylic acids is 1. The van der Waals surface area contributed by atoms with Gasteiger partial charge in [0.1, 0.15) is 0 Å². The van der Waals surface area contributed by atoms with Gasteiger partial charge < -0.3 is 10.0 Å². The van der Waals surface area contributed by atoms with Crippen LogP contribution in [0, 0.1) is 13.7 Å². The van der Waals surface area contributed by atoms with E-state index >= 15 is 0 Å². The van der Waals surface area contributed by atoms with Crippen molar-refractivity contribution in [1.29, 1.82) is 0 Å². The summed E-state index contributed by atoms with van der Waals surface area (Å²) in [4.78, 5) is 24.4. The van der Waals surface area contributed by atoms with Crippen molar-refractivity contribution in [3.8, 4) is 0 Å². The molecule has 0 saturated carbocycles. The number of nitrogens with zero attached hydrogens (tertiary/aromatic N) is 2. The van der Waals surface area contributed by atoms with Crippen molar-refractivity contribution in [3.05, 3.63) is 37.4 Å². The maximum Gasteiger partial charge on any atom is 0.270 e. The topological polar surface area (TPSA) is 83.7 Å². The molecule has 0 radical (unpaired) electrons. The summed E-state index contributed by atoms with van der Waals surface area (Å²) in [6.07, 6.45) is 0.482. The highest BCUT2D eigenvalue weighted by molar-refractivity contribution is 14.1. The molecular formula is C13H17IN2O4. The van der Waals surface area contributed by atoms with Crippen LogP contribution >= 0.6 is 22.6 Å². The van der Waals surface area contributed by atoms with E-state index < -0.39 is 4.92 Å². The first-order valence-electron chi connectivity index (χ1n) is 6.24. The normalized spacial score (nSPS) is 10.7. The molecule has 0 aromatic heterocycles. The van der Waals surface area contributed by atoms with Crippen LogP contribution < -0.4 is 0 Å². The smallest absolute Gasteiger partial charge is 0.270 e. The first-order chi connectivity index (χ1) is 9.38. The lowest BCUT2D eigenvalue weighted by atomic mass is 10.1. The highest BCUT2D eigenvalue weighted by atomic mass is 127. The molecule has 0 heterocycles. The van der Waals surface area contributed by atoms with Crippen LogP contribution in [0.5, 0.6) is 0 Å². The number of nitro groups is 1. The fourth-order valence-corrected chi connectivity index (χ4v) is 2.35. The van der Waals surface area contributed by atoms with E-state index in [1.165, 1.54) is 12.1 Å². The zero-order chi connectivity index (χ0) is 15.3. The average molecular weight is 392 g/mol. The molecule has 0 aliphatic carbocycles. The minimum atomic E-state index is -0.514. The Morgan fingerprint density at radius 2 is 2.15 bits per heavy atom. The van der Waals surface area contributed by atoms with Crippen LogP contribution in [0.3, 0.4) is 0 Å². The van der Waals surface area contributed by atoms with Gasteiger partial charge in [-0.25, -0.2) is 0 Å². The van der Waals surface area contributed by atoms with Crippen molar-refractivity contribution in [1.82, 2.24) is 4.90 Å². The number of carbonyl (C=O) groups is 1. The lowest BCUT2D eigenvalue weighted by Crippen LogP contribution is -2.38. The minimum absolute atomic E-state index is 0.00251. The third-order valence-electron chi connectivity index (χ3n) is 2.83. The Morgan fingerprint density at radius 3 is 2.65 bits per heavy atom. The maximum atomic E-state index is 12.5. The van der Waals surface area contributed by atoms with E-state index in [1.54, 1.807) is 11.0 Å². The van der Waals surface area contributed by atoms with Crippen LogP contribution in [0.2, 0.25) is 0 Å². The molecule has 0 saturated heterocycles. The van der Waals surface area contributed by atoms with Crippen LogP contribution in [0.25, 0.3) is 0 Å². The van der Waals surface area contributed by atoms with Gasteiger partial charge in [0, 0.05) is 34.9 Å². The second-order valence-corrected chi connectivity index (χ2v) is 5.75. The summed E-state index contributed by atoms with van der Waals surface area (Å²) in [6.45, 7) is 4.17. The Balaban J connectivity index is 3.10. The van der Waals surface area contributed by atoms with E-state index in [2.05, 4.69) is 0 Å². The maximum absolute atomic E-state index is 12.5. The van der Waals surface area contributed by atoms with Gasteiger partial charge in [0.15, 0.2) is 0 Å². The number of rotatable bonds is 6. The van der Waals surface area contributed by atoms with Crippen LogP contribution in [0.1, 0.15) is 30.6 Å². The molecule has 0 spiro atoms. The molecule has 1 aromatic rings. The molecule has 0 fully saturated rings. The van der Waals surface area contributed by atoms with Gasteiger partial charge in [0.2, 0.25) is 0 Å². The van der Waals surface area contributed by atoms with Crippen molar-refractivity contribution < 1.29 is 14.8 Å². The number of aliphatic hydroxyl groups excluding tert-OH is 1. The molecule has 1 rings (SSSR count). The van der Waals surface area contributed by atoms with Gasteiger partial charge in [0.25, 0.3) is 11.6 Å². The summed E-state index contributed by atoms with van der Waals surface area (Å²) in [5, 5.41) is 19.7. The Kier molecular flexibility index (Phi) is 6.34. The molecule has 7 heteroatoms. The molecular weight excluding hydrogens is 375 g/mol. The summed E-state index contributed by atoms with van der Waals surface area (Å²) in [7, 11) is 0. The van der Waals surface area contributed by atoms with E-state index in [-0.39, 0.29) is 24.2 Å². The van der Waals surface area contributed by atoms with E-state index in [4.69, 9.17) is 5.11 Å². The van der Waals surface area contributed by atoms with Crippen LogP contribution in [-0.4, -0.2) is 40.0 Å². The van der Waals surface area contributed by atoms with Crippen molar-refractivity contribution in [2.45, 2.75) is 26.3 Å². The predicted molar refractivity (Wildman–Crippen MR) is 83.7 cm³/mol. The van der Waals surface area contributed by atoms with Crippen LogP contribution in [0.15, 0.2) is 18.2 Å². The summed E-state index contributed by atoms with van der Waals surface area (Å²) in [5.41, 5.74) is 0.228. The van der Waals surface area contributed by atoms with Gasteiger partial charge in [-0.05, 0) is 48.9 Å². The van der Waals surface area contributed by atoms with Gasteiger partial charge in [0.05, 0.1) is 10.5 Å². The zero-order valence-corrected chi connectivity index (χ0v) is 13.5. The number of aliphatic hydroxyl groups is 1. The number of nitro benzene ring substituents is 1. The first-order valence-corrected chi connectivity index (χ1v) is 7.32. The second-order valence-electron chi connectivity index (χ2n) is 4.59. The standard InChI is InChI=1S/C13H17IN2O4/c1-9(2)15(6-3-7-17)13(18)11-8-10(16(19)20)4-5-12(11)14/h4-5,8-9,17H,3,6-7H2,1-2H3. The van der Waals surface area contributed by atoms with E-state index in [0.717, 1.165) is 0 Å². The number of hydrogen-bond donors (Lipinski definition) is 1. The summed E-state index contributed by atoms with van der Waals surface area (Å²) in [5.74, 6) is -0.249. The van der Waals surface area contributed by atoms with Gasteiger partial charge in [-0.15, -0.1) is 0 Å². The number of non-ortho nitro benzene ring substituents is 1. The van der Waals surface area contributed by atoms with E-state index in [0.29, 0.717) is 22.1 Å². The summed E-state index contributed by atoms with van der Waals surface area (Å²) in [6, 6.07) is 4.21. The molecule has 20 heavy (non-hydrogen) atoms. The molecule has 1 N–H and O–H groups in total. The lowest BCUT2D eigenvalue weighted by Gasteiger charge is -2.27. The Labute approximate surface area is 131 Å². The van der Waals surface area contributed by atoms with Crippen LogP contribution in [0.4, 0.5) is 5.69 Å².